The summed E-state index contributed by atoms with van der Waals surface area (Å²) >= 11 is 0. The molecule has 0 spiro atoms. The number of hydrogen-bond donors (Lipinski definition) is 0. The average Bonchev–Trinajstić information content (AvgIpc) is 3.82. The average molecular weight is 827 g/mol. The summed E-state index contributed by atoms with van der Waals surface area (Å²) in [6.07, 6.45) is 2.11. The van der Waals surface area contributed by atoms with Crippen molar-refractivity contribution < 1.29 is 25.8 Å². The Morgan fingerprint density at radius 2 is 0.760 bits per heavy atom. The molecular weight excluding hydrogens is 783 g/mol. The smallest absolute Gasteiger partial charge is 0.0307 e. The van der Waals surface area contributed by atoms with Gasteiger partial charge in [-0.15, -0.1) is 69.1 Å². The van der Waals surface area contributed by atoms with E-state index in [1.54, 1.807) is 0 Å². The molecule has 8 aromatic carbocycles. The molecule has 2 radical (unpaired) electrons. The second kappa shape index (κ2) is 18.0. The van der Waals surface area contributed by atoms with Crippen LogP contribution in [0.15, 0.2) is 170 Å². The number of hydrogen-bond acceptors (Lipinski definition) is 0. The van der Waals surface area contributed by atoms with Gasteiger partial charge in [-0.3, -0.25) is 0 Å². The summed E-state index contributed by atoms with van der Waals surface area (Å²) in [6.45, 7) is 8.75. The predicted octanol–water partition coefficient (Wildman–Crippen LogP) is 13.7. The van der Waals surface area contributed by atoms with E-state index in [1.165, 1.54) is 77.2 Å². The maximum Gasteiger partial charge on any atom is 0.0307 e. The van der Waals surface area contributed by atoms with E-state index in [1.807, 2.05) is 0 Å². The number of benzene rings is 6. The van der Waals surface area contributed by atoms with Crippen molar-refractivity contribution >= 4 is 31.1 Å². The van der Waals surface area contributed by atoms with Crippen LogP contribution in [0.5, 0.6) is 0 Å². The first-order valence-corrected chi connectivity index (χ1v) is 19.4. The Balaban J connectivity index is 0.000000177. The van der Waals surface area contributed by atoms with Crippen LogP contribution in [0, 0.1) is 0 Å². The molecule has 0 saturated heterocycles. The zero-order valence-corrected chi connectivity index (χ0v) is 34.2. The third kappa shape index (κ3) is 8.32. The van der Waals surface area contributed by atoms with Crippen LogP contribution in [-0.4, -0.2) is 9.52 Å². The Morgan fingerprint density at radius 3 is 1.14 bits per heavy atom. The topological polar surface area (TPSA) is 0 Å². The molecule has 0 fully saturated rings. The fraction of sp³-hybridized carbons (Fsp3) is 0.125. The van der Waals surface area contributed by atoms with Crippen molar-refractivity contribution in [2.75, 3.05) is 0 Å². The zero-order chi connectivity index (χ0) is 34.0. The van der Waals surface area contributed by atoms with E-state index in [0.29, 0.717) is 0 Å². The van der Waals surface area contributed by atoms with Gasteiger partial charge in [0.2, 0.25) is 0 Å². The van der Waals surface area contributed by atoms with Gasteiger partial charge in [-0.1, -0.05) is 183 Å². The van der Waals surface area contributed by atoms with Crippen LogP contribution in [0.4, 0.5) is 0 Å². The van der Waals surface area contributed by atoms with Crippen molar-refractivity contribution in [2.24, 2.45) is 0 Å². The summed E-state index contributed by atoms with van der Waals surface area (Å²) in [4.78, 5) is 0. The minimum absolute atomic E-state index is 0. The van der Waals surface area contributed by atoms with E-state index < -0.39 is 0 Å². The van der Waals surface area contributed by atoms with E-state index in [2.05, 4.69) is 197 Å². The van der Waals surface area contributed by atoms with Crippen molar-refractivity contribution in [3.05, 3.63) is 181 Å². The first kappa shape index (κ1) is 36.9. The van der Waals surface area contributed by atoms with Crippen LogP contribution >= 0.6 is 0 Å². The Morgan fingerprint density at radius 1 is 0.420 bits per heavy atom. The summed E-state index contributed by atoms with van der Waals surface area (Å²) in [7, 11) is 1.08. The summed E-state index contributed by atoms with van der Waals surface area (Å²) in [5.74, 6) is 0. The molecule has 8 aromatic rings. The summed E-state index contributed by atoms with van der Waals surface area (Å²) in [5, 5.41) is 5.30. The van der Waals surface area contributed by atoms with Gasteiger partial charge in [0.15, 0.2) is 0 Å². The second-order valence-corrected chi connectivity index (χ2v) is 13.4. The van der Waals surface area contributed by atoms with Crippen LogP contribution in [0.25, 0.3) is 66.1 Å². The van der Waals surface area contributed by atoms with Gasteiger partial charge >= 0.3 is 0 Å². The SMILES string of the molecule is CCc1ccccc1-c1cccc2[cH-]c(-c3ccccc3)cc12.CCc1ccccc1-c1cccc2[cH-]c(-c3ccccc3)cc12.C[Si]C.[Hf]. The van der Waals surface area contributed by atoms with Crippen molar-refractivity contribution in [1.29, 1.82) is 0 Å². The summed E-state index contributed by atoms with van der Waals surface area (Å²) in [5.41, 5.74) is 13.3. The van der Waals surface area contributed by atoms with Crippen molar-refractivity contribution in [1.82, 2.24) is 0 Å². The molecule has 0 aliphatic carbocycles. The van der Waals surface area contributed by atoms with E-state index in [9.17, 15) is 0 Å². The molecule has 0 nitrogen and oxygen atoms in total. The van der Waals surface area contributed by atoms with E-state index >= 15 is 0 Å². The molecule has 0 aliphatic rings. The zero-order valence-electron chi connectivity index (χ0n) is 29.6. The molecule has 8 rings (SSSR count). The Kier molecular flexibility index (Phi) is 13.3. The standard InChI is InChI=1S/2C23H19.C2H6Si.Hf/c2*1-2-17-9-6-7-13-21(17)22-14-8-12-19-15-20(16-23(19)22)18-10-4-3-5-11-18;1-3-2;/h2*3-16H,2H2,1H3;1-2H3;/q2*-1;;. The quantitative estimate of drug-likeness (QED) is 0.116. The van der Waals surface area contributed by atoms with E-state index in [-0.39, 0.29) is 25.8 Å². The molecular formula is C48H44HfSi-2. The Labute approximate surface area is 320 Å². The van der Waals surface area contributed by atoms with Crippen molar-refractivity contribution in [2.45, 2.75) is 39.8 Å². The van der Waals surface area contributed by atoms with Crippen LogP contribution in [0.2, 0.25) is 13.1 Å². The van der Waals surface area contributed by atoms with Gasteiger partial charge in [0.05, 0.1) is 0 Å². The number of aryl methyl sites for hydroxylation is 2. The van der Waals surface area contributed by atoms with Gasteiger partial charge in [0, 0.05) is 35.4 Å². The normalized spacial score (nSPS) is 10.5. The van der Waals surface area contributed by atoms with E-state index in [0.717, 1.165) is 22.4 Å². The number of fused-ring (bicyclic) bond motifs is 2. The minimum atomic E-state index is 0. The molecule has 0 bridgehead atoms. The summed E-state index contributed by atoms with van der Waals surface area (Å²) < 4.78 is 0. The Bertz CT molecular complexity index is 2080. The molecule has 0 amide bonds. The van der Waals surface area contributed by atoms with Gasteiger partial charge < -0.3 is 0 Å². The fourth-order valence-electron chi connectivity index (χ4n) is 6.72. The van der Waals surface area contributed by atoms with Crippen LogP contribution in [-0.2, 0) is 38.7 Å². The molecule has 0 saturated carbocycles. The third-order valence-corrected chi connectivity index (χ3v) is 9.09. The maximum atomic E-state index is 2.33. The van der Waals surface area contributed by atoms with Crippen LogP contribution < -0.4 is 0 Å². The van der Waals surface area contributed by atoms with Gasteiger partial charge in [0.25, 0.3) is 0 Å². The second-order valence-electron chi connectivity index (χ2n) is 12.4. The van der Waals surface area contributed by atoms with Gasteiger partial charge in [-0.2, -0.15) is 0 Å². The first-order valence-electron chi connectivity index (χ1n) is 17.4. The molecule has 0 aromatic heterocycles. The number of rotatable bonds is 6. The van der Waals surface area contributed by atoms with Crippen molar-refractivity contribution in [3.8, 4) is 44.5 Å². The van der Waals surface area contributed by atoms with Gasteiger partial charge in [-0.05, 0) is 35.1 Å². The molecule has 0 N–H and O–H groups in total. The molecule has 246 valence electrons. The van der Waals surface area contributed by atoms with Gasteiger partial charge in [0.1, 0.15) is 0 Å². The minimum Gasteiger partial charge on any atom is -0.144 e. The monoisotopic (exact) mass is 828 g/mol. The molecule has 0 unspecified atom stereocenters. The maximum absolute atomic E-state index is 2.33. The largest absolute Gasteiger partial charge is 0.144 e. The van der Waals surface area contributed by atoms with Crippen LogP contribution in [0.3, 0.4) is 0 Å². The van der Waals surface area contributed by atoms with Crippen molar-refractivity contribution in [3.63, 3.8) is 0 Å². The molecule has 50 heavy (non-hydrogen) atoms. The molecule has 0 heterocycles. The fourth-order valence-corrected chi connectivity index (χ4v) is 6.72. The first-order chi connectivity index (χ1) is 24.1. The van der Waals surface area contributed by atoms with E-state index in [4.69, 9.17) is 0 Å². The third-order valence-electron chi connectivity index (χ3n) is 9.09. The van der Waals surface area contributed by atoms with Crippen LogP contribution in [0.1, 0.15) is 25.0 Å². The Hall–Kier alpha value is -4.37. The van der Waals surface area contributed by atoms with Gasteiger partial charge in [-0.25, -0.2) is 0 Å². The molecule has 0 aliphatic heterocycles. The predicted molar refractivity (Wildman–Crippen MR) is 217 cm³/mol. The molecule has 2 heteroatoms. The summed E-state index contributed by atoms with van der Waals surface area (Å²) in [6, 6.07) is 61.2. The molecule has 0 atom stereocenters.